The van der Waals surface area contributed by atoms with Gasteiger partial charge in [0.15, 0.2) is 9.84 Å². The Morgan fingerprint density at radius 1 is 1.25 bits per heavy atom. The van der Waals surface area contributed by atoms with Crippen molar-refractivity contribution in [3.05, 3.63) is 35.4 Å². The van der Waals surface area contributed by atoms with E-state index in [1.165, 1.54) is 13.3 Å². The molecule has 1 aromatic carbocycles. The minimum atomic E-state index is -3.53. The van der Waals surface area contributed by atoms with Crippen molar-refractivity contribution < 1.29 is 13.2 Å². The van der Waals surface area contributed by atoms with Gasteiger partial charge >= 0.3 is 0 Å². The molecule has 1 fully saturated rings. The molecule has 1 aromatic rings. The van der Waals surface area contributed by atoms with Gasteiger partial charge in [-0.1, -0.05) is 51.0 Å². The Morgan fingerprint density at radius 3 is 2.58 bits per heavy atom. The van der Waals surface area contributed by atoms with Gasteiger partial charge in [-0.25, -0.2) is 8.42 Å². The molecule has 0 saturated heterocycles. The number of sulfone groups is 1. The minimum Gasteiger partial charge on any atom is -0.352 e. The number of nitrogens with one attached hydrogen (secondary N) is 1. The summed E-state index contributed by atoms with van der Waals surface area (Å²) in [7, 11) is -3.53. The molecular weight excluding hydrogens is 322 g/mol. The lowest BCUT2D eigenvalue weighted by molar-refractivity contribution is -0.121. The van der Waals surface area contributed by atoms with E-state index in [0.717, 1.165) is 24.0 Å². The summed E-state index contributed by atoms with van der Waals surface area (Å²) < 4.78 is 25.2. The molecule has 0 aliphatic heterocycles. The molecule has 134 valence electrons. The van der Waals surface area contributed by atoms with E-state index in [2.05, 4.69) is 19.2 Å². The topological polar surface area (TPSA) is 63.2 Å². The van der Waals surface area contributed by atoms with Gasteiger partial charge < -0.3 is 5.32 Å². The Morgan fingerprint density at radius 2 is 1.92 bits per heavy atom. The van der Waals surface area contributed by atoms with Crippen molar-refractivity contribution in [2.45, 2.75) is 64.0 Å². The maximum Gasteiger partial charge on any atom is 0.238 e. The zero-order chi connectivity index (χ0) is 17.9. The Kier molecular flexibility index (Phi) is 6.07. The highest BCUT2D eigenvalue weighted by Crippen LogP contribution is 2.29. The number of benzene rings is 1. The fourth-order valence-corrected chi connectivity index (χ4v) is 4.76. The predicted molar refractivity (Wildman–Crippen MR) is 97.4 cm³/mol. The van der Waals surface area contributed by atoms with Crippen LogP contribution in [0.15, 0.2) is 24.3 Å². The molecule has 0 radical (unpaired) electrons. The second-order valence-electron chi connectivity index (χ2n) is 7.26. The summed E-state index contributed by atoms with van der Waals surface area (Å²) in [6.07, 6.45) is 3.19. The van der Waals surface area contributed by atoms with Crippen molar-refractivity contribution in [1.82, 2.24) is 5.32 Å². The molecule has 0 unspecified atom stereocenters. The van der Waals surface area contributed by atoms with Crippen LogP contribution in [0.2, 0.25) is 0 Å². The van der Waals surface area contributed by atoms with Crippen molar-refractivity contribution in [1.29, 1.82) is 0 Å². The van der Waals surface area contributed by atoms with Crippen LogP contribution in [0.5, 0.6) is 0 Å². The second kappa shape index (κ2) is 7.68. The molecule has 5 heteroatoms. The highest BCUT2D eigenvalue weighted by molar-refractivity contribution is 7.92. The summed E-state index contributed by atoms with van der Waals surface area (Å²) in [5.41, 5.74) is 1.69. The van der Waals surface area contributed by atoms with E-state index in [0.29, 0.717) is 11.8 Å². The maximum absolute atomic E-state index is 12.6. The number of amides is 1. The number of rotatable bonds is 5. The van der Waals surface area contributed by atoms with Crippen LogP contribution in [0, 0.1) is 18.8 Å². The normalized spacial score (nSPS) is 25.9. The third-order valence-electron chi connectivity index (χ3n) is 5.56. The van der Waals surface area contributed by atoms with Crippen LogP contribution in [0.4, 0.5) is 0 Å². The third-order valence-corrected chi connectivity index (χ3v) is 7.57. The van der Waals surface area contributed by atoms with Gasteiger partial charge in [0.1, 0.15) is 5.25 Å². The van der Waals surface area contributed by atoms with Crippen molar-refractivity contribution in [3.8, 4) is 0 Å². The summed E-state index contributed by atoms with van der Waals surface area (Å²) in [6, 6.07) is 7.49. The first-order valence-corrected chi connectivity index (χ1v) is 10.5. The number of aryl methyl sites for hydroxylation is 1. The average Bonchev–Trinajstić information content (AvgIpc) is 2.53. The Hall–Kier alpha value is -1.36. The lowest BCUT2D eigenvalue weighted by Crippen LogP contribution is -2.48. The van der Waals surface area contributed by atoms with Gasteiger partial charge in [-0.3, -0.25) is 4.79 Å². The third kappa shape index (κ3) is 4.38. The number of carbonyl (C=O) groups excluding carboxylic acids is 1. The summed E-state index contributed by atoms with van der Waals surface area (Å²) in [5, 5.41) is 1.96. The lowest BCUT2D eigenvalue weighted by atomic mass is 9.78. The molecule has 0 spiro atoms. The van der Waals surface area contributed by atoms with Crippen molar-refractivity contribution in [2.75, 3.05) is 0 Å². The van der Waals surface area contributed by atoms with Gasteiger partial charge in [-0.05, 0) is 43.2 Å². The maximum atomic E-state index is 12.6. The van der Waals surface area contributed by atoms with Gasteiger partial charge in [0.2, 0.25) is 5.91 Å². The quantitative estimate of drug-likeness (QED) is 0.886. The van der Waals surface area contributed by atoms with E-state index >= 15 is 0 Å². The van der Waals surface area contributed by atoms with Gasteiger partial charge in [0.05, 0.1) is 5.75 Å². The molecule has 1 amide bonds. The van der Waals surface area contributed by atoms with Crippen LogP contribution in [0.1, 0.15) is 51.2 Å². The molecule has 1 saturated carbocycles. The zero-order valence-electron chi connectivity index (χ0n) is 15.1. The van der Waals surface area contributed by atoms with E-state index in [4.69, 9.17) is 0 Å². The highest BCUT2D eigenvalue weighted by Gasteiger charge is 2.33. The largest absolute Gasteiger partial charge is 0.352 e. The van der Waals surface area contributed by atoms with Crippen LogP contribution < -0.4 is 5.32 Å². The van der Waals surface area contributed by atoms with Gasteiger partial charge in [-0.15, -0.1) is 0 Å². The Bertz CT molecular complexity index is 684. The van der Waals surface area contributed by atoms with Crippen molar-refractivity contribution >= 4 is 15.7 Å². The molecule has 4 nitrogen and oxygen atoms in total. The van der Waals surface area contributed by atoms with Crippen LogP contribution in [-0.4, -0.2) is 25.6 Å². The second-order valence-corrected chi connectivity index (χ2v) is 9.58. The first-order valence-electron chi connectivity index (χ1n) is 8.79. The molecule has 1 aliphatic carbocycles. The molecule has 0 heterocycles. The first kappa shape index (κ1) is 19.0. The highest BCUT2D eigenvalue weighted by atomic mass is 32.2. The van der Waals surface area contributed by atoms with Crippen LogP contribution in [0.3, 0.4) is 0 Å². The van der Waals surface area contributed by atoms with Crippen LogP contribution in [0.25, 0.3) is 0 Å². The monoisotopic (exact) mass is 351 g/mol. The average molecular weight is 352 g/mol. The predicted octanol–water partition coefficient (Wildman–Crippen LogP) is 3.24. The number of carbonyl (C=O) groups is 1. The van der Waals surface area contributed by atoms with Gasteiger partial charge in [0, 0.05) is 6.04 Å². The van der Waals surface area contributed by atoms with E-state index in [1.54, 1.807) is 0 Å². The van der Waals surface area contributed by atoms with Crippen LogP contribution in [-0.2, 0) is 20.4 Å². The standard InChI is InChI=1S/C19H29NO3S/c1-13-9-7-11-18(15(13)3)20-19(21)16(4)24(22,23)12-17-10-6-5-8-14(17)2/h5-6,8,10,13,15-16,18H,7,9,11-12H2,1-4H3,(H,20,21)/t13-,15-,16-,18-/m1/s1. The van der Waals surface area contributed by atoms with Crippen LogP contribution >= 0.6 is 0 Å². The zero-order valence-corrected chi connectivity index (χ0v) is 15.9. The number of hydrogen-bond acceptors (Lipinski definition) is 3. The smallest absolute Gasteiger partial charge is 0.238 e. The summed E-state index contributed by atoms with van der Waals surface area (Å²) in [6.45, 7) is 7.73. The lowest BCUT2D eigenvalue weighted by Gasteiger charge is -2.35. The fourth-order valence-electron chi connectivity index (χ4n) is 3.36. The van der Waals surface area contributed by atoms with Gasteiger partial charge in [-0.2, -0.15) is 0 Å². The molecule has 0 aromatic heterocycles. The Labute approximate surface area is 146 Å². The van der Waals surface area contributed by atoms with E-state index in [1.807, 2.05) is 31.2 Å². The number of hydrogen-bond donors (Lipinski definition) is 1. The van der Waals surface area contributed by atoms with E-state index < -0.39 is 15.1 Å². The fraction of sp³-hybridized carbons (Fsp3) is 0.632. The van der Waals surface area contributed by atoms with E-state index in [9.17, 15) is 13.2 Å². The molecule has 4 atom stereocenters. The molecule has 0 bridgehead atoms. The van der Waals surface area contributed by atoms with Crippen molar-refractivity contribution in [2.24, 2.45) is 11.8 Å². The minimum absolute atomic E-state index is 0.0809. The molecule has 1 aliphatic rings. The van der Waals surface area contributed by atoms with Crippen molar-refractivity contribution in [3.63, 3.8) is 0 Å². The Balaban J connectivity index is 2.05. The summed E-state index contributed by atoms with van der Waals surface area (Å²) in [5.74, 6) is 0.483. The SMILES string of the molecule is Cc1ccccc1CS(=O)(=O)[C@H](C)C(=O)N[C@@H]1CCC[C@@H](C)[C@H]1C. The van der Waals surface area contributed by atoms with E-state index in [-0.39, 0.29) is 17.7 Å². The molecule has 2 rings (SSSR count). The molecular formula is C19H29NO3S. The van der Waals surface area contributed by atoms with Gasteiger partial charge in [0.25, 0.3) is 0 Å². The first-order chi connectivity index (χ1) is 11.2. The summed E-state index contributed by atoms with van der Waals surface area (Å²) >= 11 is 0. The molecule has 24 heavy (non-hydrogen) atoms. The molecule has 1 N–H and O–H groups in total. The summed E-state index contributed by atoms with van der Waals surface area (Å²) in [4.78, 5) is 12.5.